The van der Waals surface area contributed by atoms with Crippen LogP contribution in [0.3, 0.4) is 0 Å². The maximum atomic E-state index is 11.8. The number of nitrogens with one attached hydrogen (secondary N) is 1. The number of carbonyl (C=O) groups is 1. The Morgan fingerprint density at radius 3 is 2.14 bits per heavy atom. The maximum absolute atomic E-state index is 11.8. The molecule has 0 unspecified atom stereocenters. The Hall–Kier alpha value is -0.570. The molecule has 0 aliphatic heterocycles. The Kier molecular flexibility index (Phi) is 3.53. The van der Waals surface area contributed by atoms with Crippen molar-refractivity contribution in [1.29, 1.82) is 0 Å². The van der Waals surface area contributed by atoms with Crippen LogP contribution in [-0.2, 0) is 4.79 Å². The molecule has 0 aromatic carbocycles. The Labute approximate surface area is 86.4 Å². The topological polar surface area (TPSA) is 55.1 Å². The Balaban J connectivity index is 2.38. The van der Waals surface area contributed by atoms with E-state index in [-0.39, 0.29) is 17.4 Å². The van der Waals surface area contributed by atoms with Gasteiger partial charge in [-0.15, -0.1) is 0 Å². The quantitative estimate of drug-likeness (QED) is 0.669. The van der Waals surface area contributed by atoms with Gasteiger partial charge in [0.25, 0.3) is 0 Å². The van der Waals surface area contributed by atoms with E-state index in [9.17, 15) is 4.79 Å². The van der Waals surface area contributed by atoms with Crippen molar-refractivity contribution in [2.24, 2.45) is 11.7 Å². The summed E-state index contributed by atoms with van der Waals surface area (Å²) in [7, 11) is 0. The van der Waals surface area contributed by atoms with Gasteiger partial charge in [0.1, 0.15) is 0 Å². The van der Waals surface area contributed by atoms with E-state index in [1.54, 1.807) is 0 Å². The number of rotatable bonds is 1. The van der Waals surface area contributed by atoms with Gasteiger partial charge in [-0.1, -0.05) is 0 Å². The SMILES string of the molecule is CC(C)(C)NC(=O)C1CCC(N)CC1. The van der Waals surface area contributed by atoms with Gasteiger partial charge in [0.05, 0.1) is 0 Å². The number of hydrogen-bond donors (Lipinski definition) is 2. The number of nitrogens with two attached hydrogens (primary N) is 1. The molecule has 3 nitrogen and oxygen atoms in total. The summed E-state index contributed by atoms with van der Waals surface area (Å²) in [6, 6.07) is 0.314. The molecule has 14 heavy (non-hydrogen) atoms. The standard InChI is InChI=1S/C11H22N2O/c1-11(2,3)13-10(14)8-4-6-9(12)7-5-8/h8-9H,4-7,12H2,1-3H3,(H,13,14). The van der Waals surface area contributed by atoms with Gasteiger partial charge in [-0.2, -0.15) is 0 Å². The fourth-order valence-electron chi connectivity index (χ4n) is 1.85. The predicted octanol–water partition coefficient (Wildman–Crippen LogP) is 1.42. The van der Waals surface area contributed by atoms with Crippen molar-refractivity contribution in [3.8, 4) is 0 Å². The molecule has 3 N–H and O–H groups in total. The van der Waals surface area contributed by atoms with Gasteiger partial charge in [-0.3, -0.25) is 4.79 Å². The Morgan fingerprint density at radius 2 is 1.71 bits per heavy atom. The number of hydrogen-bond acceptors (Lipinski definition) is 2. The molecule has 0 bridgehead atoms. The van der Waals surface area contributed by atoms with E-state index >= 15 is 0 Å². The molecule has 1 amide bonds. The molecule has 1 fully saturated rings. The van der Waals surface area contributed by atoms with Crippen LogP contribution in [0.15, 0.2) is 0 Å². The molecule has 0 atom stereocenters. The summed E-state index contributed by atoms with van der Waals surface area (Å²) >= 11 is 0. The van der Waals surface area contributed by atoms with Crippen molar-refractivity contribution < 1.29 is 4.79 Å². The highest BCUT2D eigenvalue weighted by molar-refractivity contribution is 5.79. The van der Waals surface area contributed by atoms with E-state index in [4.69, 9.17) is 5.73 Å². The van der Waals surface area contributed by atoms with Gasteiger partial charge < -0.3 is 11.1 Å². The first-order valence-electron chi connectivity index (χ1n) is 5.46. The lowest BCUT2D eigenvalue weighted by molar-refractivity contribution is -0.127. The van der Waals surface area contributed by atoms with E-state index in [0.29, 0.717) is 6.04 Å². The van der Waals surface area contributed by atoms with Crippen LogP contribution in [0.4, 0.5) is 0 Å². The van der Waals surface area contributed by atoms with Crippen LogP contribution in [-0.4, -0.2) is 17.5 Å². The van der Waals surface area contributed by atoms with Gasteiger partial charge in [0.15, 0.2) is 0 Å². The molecule has 1 saturated carbocycles. The summed E-state index contributed by atoms with van der Waals surface area (Å²) in [6.07, 6.45) is 3.87. The van der Waals surface area contributed by atoms with Gasteiger partial charge in [-0.25, -0.2) is 0 Å². The molecule has 0 aromatic heterocycles. The summed E-state index contributed by atoms with van der Waals surface area (Å²) in [6.45, 7) is 6.04. The molecular weight excluding hydrogens is 176 g/mol. The highest BCUT2D eigenvalue weighted by Crippen LogP contribution is 2.23. The normalized spacial score (nSPS) is 28.6. The lowest BCUT2D eigenvalue weighted by Gasteiger charge is -2.29. The summed E-state index contributed by atoms with van der Waals surface area (Å²) in [5.41, 5.74) is 5.68. The summed E-state index contributed by atoms with van der Waals surface area (Å²) < 4.78 is 0. The molecule has 0 aromatic rings. The highest BCUT2D eigenvalue weighted by atomic mass is 16.2. The smallest absolute Gasteiger partial charge is 0.223 e. The average Bonchev–Trinajstić information content (AvgIpc) is 2.02. The lowest BCUT2D eigenvalue weighted by atomic mass is 9.85. The third-order valence-electron chi connectivity index (χ3n) is 2.64. The summed E-state index contributed by atoms with van der Waals surface area (Å²) in [4.78, 5) is 11.8. The van der Waals surface area contributed by atoms with Crippen LogP contribution in [0.1, 0.15) is 46.5 Å². The molecule has 1 aliphatic carbocycles. The Bertz CT molecular complexity index is 200. The minimum atomic E-state index is -0.114. The van der Waals surface area contributed by atoms with Crippen LogP contribution in [0.5, 0.6) is 0 Å². The second-order valence-electron chi connectivity index (χ2n) is 5.35. The molecule has 1 aliphatic rings. The largest absolute Gasteiger partial charge is 0.351 e. The predicted molar refractivity (Wildman–Crippen MR) is 57.8 cm³/mol. The minimum Gasteiger partial charge on any atom is -0.351 e. The van der Waals surface area contributed by atoms with Crippen molar-refractivity contribution in [1.82, 2.24) is 5.32 Å². The van der Waals surface area contributed by atoms with Gasteiger partial charge >= 0.3 is 0 Å². The second kappa shape index (κ2) is 4.30. The summed E-state index contributed by atoms with van der Waals surface area (Å²) in [5.74, 6) is 0.387. The average molecular weight is 198 g/mol. The zero-order valence-electron chi connectivity index (χ0n) is 9.47. The first kappa shape index (κ1) is 11.5. The maximum Gasteiger partial charge on any atom is 0.223 e. The van der Waals surface area contributed by atoms with Crippen molar-refractivity contribution in [2.75, 3.05) is 0 Å². The van der Waals surface area contributed by atoms with Crippen LogP contribution >= 0.6 is 0 Å². The van der Waals surface area contributed by atoms with Crippen molar-refractivity contribution >= 4 is 5.91 Å². The molecular formula is C11H22N2O. The molecule has 0 spiro atoms. The minimum absolute atomic E-state index is 0.114. The molecule has 0 radical (unpaired) electrons. The van der Waals surface area contributed by atoms with E-state index in [1.165, 1.54) is 0 Å². The van der Waals surface area contributed by atoms with Gasteiger partial charge in [0.2, 0.25) is 5.91 Å². The third-order valence-corrected chi connectivity index (χ3v) is 2.64. The molecule has 0 heterocycles. The van der Waals surface area contributed by atoms with Crippen LogP contribution < -0.4 is 11.1 Å². The lowest BCUT2D eigenvalue weighted by Crippen LogP contribution is -2.45. The fraction of sp³-hybridized carbons (Fsp3) is 0.909. The zero-order valence-corrected chi connectivity index (χ0v) is 9.47. The fourth-order valence-corrected chi connectivity index (χ4v) is 1.85. The first-order chi connectivity index (χ1) is 6.38. The zero-order chi connectivity index (χ0) is 10.8. The van der Waals surface area contributed by atoms with Crippen LogP contribution in [0.2, 0.25) is 0 Å². The van der Waals surface area contributed by atoms with E-state index in [0.717, 1.165) is 25.7 Å². The van der Waals surface area contributed by atoms with Crippen LogP contribution in [0.25, 0.3) is 0 Å². The first-order valence-corrected chi connectivity index (χ1v) is 5.46. The van der Waals surface area contributed by atoms with Crippen LogP contribution in [0, 0.1) is 5.92 Å². The van der Waals surface area contributed by atoms with E-state index in [1.807, 2.05) is 20.8 Å². The molecule has 3 heteroatoms. The summed E-state index contributed by atoms with van der Waals surface area (Å²) in [5, 5.41) is 3.02. The van der Waals surface area contributed by atoms with E-state index in [2.05, 4.69) is 5.32 Å². The molecule has 0 saturated heterocycles. The molecule has 82 valence electrons. The van der Waals surface area contributed by atoms with Gasteiger partial charge in [-0.05, 0) is 46.5 Å². The highest BCUT2D eigenvalue weighted by Gasteiger charge is 2.26. The number of amides is 1. The van der Waals surface area contributed by atoms with Gasteiger partial charge in [0, 0.05) is 17.5 Å². The Morgan fingerprint density at radius 1 is 1.21 bits per heavy atom. The van der Waals surface area contributed by atoms with Crippen molar-refractivity contribution in [3.63, 3.8) is 0 Å². The molecule has 1 rings (SSSR count). The monoisotopic (exact) mass is 198 g/mol. The number of carbonyl (C=O) groups excluding carboxylic acids is 1. The third kappa shape index (κ3) is 3.66. The van der Waals surface area contributed by atoms with Crippen molar-refractivity contribution in [3.05, 3.63) is 0 Å². The van der Waals surface area contributed by atoms with Crippen molar-refractivity contribution in [2.45, 2.75) is 58.0 Å². The van der Waals surface area contributed by atoms with E-state index < -0.39 is 0 Å². The second-order valence-corrected chi connectivity index (χ2v) is 5.35.